The minimum Gasteiger partial charge on any atom is -0.465 e. The SMILES string of the molecule is COC(=O)c1ccccc1/C=N\NC(=S)NC1CCCCC1. The van der Waals surface area contributed by atoms with Crippen molar-refractivity contribution in [3.63, 3.8) is 0 Å². The third-order valence-corrected chi connectivity index (χ3v) is 3.89. The Morgan fingerprint density at radius 1 is 1.32 bits per heavy atom. The lowest BCUT2D eigenvalue weighted by molar-refractivity contribution is 0.0600. The molecule has 6 heteroatoms. The van der Waals surface area contributed by atoms with Crippen molar-refractivity contribution >= 4 is 29.5 Å². The number of methoxy groups -OCH3 is 1. The Morgan fingerprint density at radius 2 is 2.05 bits per heavy atom. The Balaban J connectivity index is 1.89. The van der Waals surface area contributed by atoms with Gasteiger partial charge >= 0.3 is 5.97 Å². The highest BCUT2D eigenvalue weighted by atomic mass is 32.1. The summed E-state index contributed by atoms with van der Waals surface area (Å²) in [5.41, 5.74) is 3.96. The molecule has 0 radical (unpaired) electrons. The van der Waals surface area contributed by atoms with Gasteiger partial charge in [0.1, 0.15) is 0 Å². The molecule has 0 heterocycles. The van der Waals surface area contributed by atoms with E-state index in [1.807, 2.05) is 6.07 Å². The smallest absolute Gasteiger partial charge is 0.338 e. The Bertz CT molecular complexity index is 554. The van der Waals surface area contributed by atoms with Crippen LogP contribution in [-0.2, 0) is 4.74 Å². The standard InChI is InChI=1S/C16H21N3O2S/c1-21-15(20)14-10-6-5-7-12(14)11-17-19-16(22)18-13-8-3-2-4-9-13/h5-7,10-11,13H,2-4,8-9H2,1H3,(H2,18,19,22)/b17-11-. The van der Waals surface area contributed by atoms with Crippen molar-refractivity contribution in [2.75, 3.05) is 7.11 Å². The second kappa shape index (κ2) is 8.48. The van der Waals surface area contributed by atoms with Gasteiger partial charge in [0.05, 0.1) is 18.9 Å². The van der Waals surface area contributed by atoms with Crippen LogP contribution >= 0.6 is 12.2 Å². The first kappa shape index (κ1) is 16.4. The van der Waals surface area contributed by atoms with E-state index in [0.29, 0.717) is 22.3 Å². The summed E-state index contributed by atoms with van der Waals surface area (Å²) in [5.74, 6) is -0.384. The van der Waals surface area contributed by atoms with Crippen molar-refractivity contribution in [1.82, 2.24) is 10.7 Å². The van der Waals surface area contributed by atoms with Crippen LogP contribution in [0.4, 0.5) is 0 Å². The number of rotatable bonds is 4. The summed E-state index contributed by atoms with van der Waals surface area (Å²) in [4.78, 5) is 11.7. The molecule has 0 aromatic heterocycles. The van der Waals surface area contributed by atoms with Crippen LogP contribution in [-0.4, -0.2) is 30.4 Å². The molecular formula is C16H21N3O2S. The van der Waals surface area contributed by atoms with Gasteiger partial charge in [-0.2, -0.15) is 5.10 Å². The van der Waals surface area contributed by atoms with Gasteiger partial charge in [-0.15, -0.1) is 0 Å². The number of nitrogens with zero attached hydrogens (tertiary/aromatic N) is 1. The number of carbonyl (C=O) groups is 1. The molecule has 0 unspecified atom stereocenters. The molecule has 0 saturated heterocycles. The Kier molecular flexibility index (Phi) is 6.33. The number of ether oxygens (including phenoxy) is 1. The Labute approximate surface area is 136 Å². The number of benzene rings is 1. The number of esters is 1. The maximum atomic E-state index is 11.7. The number of hydrogen-bond acceptors (Lipinski definition) is 4. The summed E-state index contributed by atoms with van der Waals surface area (Å²) in [5, 5.41) is 7.88. The van der Waals surface area contributed by atoms with E-state index >= 15 is 0 Å². The van der Waals surface area contributed by atoms with E-state index in [1.54, 1.807) is 24.4 Å². The van der Waals surface area contributed by atoms with Crippen molar-refractivity contribution in [1.29, 1.82) is 0 Å². The molecule has 1 aromatic rings. The molecule has 118 valence electrons. The van der Waals surface area contributed by atoms with E-state index < -0.39 is 0 Å². The Morgan fingerprint density at radius 3 is 2.77 bits per heavy atom. The quantitative estimate of drug-likeness (QED) is 0.386. The summed E-state index contributed by atoms with van der Waals surface area (Å²) in [6.45, 7) is 0. The van der Waals surface area contributed by atoms with Crippen molar-refractivity contribution in [3.8, 4) is 0 Å². The molecule has 1 aliphatic carbocycles. The fourth-order valence-electron chi connectivity index (χ4n) is 2.53. The lowest BCUT2D eigenvalue weighted by Gasteiger charge is -2.23. The van der Waals surface area contributed by atoms with Crippen LogP contribution in [0.5, 0.6) is 0 Å². The fraction of sp³-hybridized carbons (Fsp3) is 0.438. The maximum Gasteiger partial charge on any atom is 0.338 e. The third-order valence-electron chi connectivity index (χ3n) is 3.68. The lowest BCUT2D eigenvalue weighted by Crippen LogP contribution is -2.40. The van der Waals surface area contributed by atoms with E-state index in [2.05, 4.69) is 15.8 Å². The van der Waals surface area contributed by atoms with Crippen LogP contribution in [0.25, 0.3) is 0 Å². The van der Waals surface area contributed by atoms with Gasteiger partial charge in [-0.3, -0.25) is 5.43 Å². The monoisotopic (exact) mass is 319 g/mol. The second-order valence-electron chi connectivity index (χ2n) is 5.26. The van der Waals surface area contributed by atoms with Crippen molar-refractivity contribution < 1.29 is 9.53 Å². The van der Waals surface area contributed by atoms with E-state index in [9.17, 15) is 4.79 Å². The molecule has 1 fully saturated rings. The molecule has 0 spiro atoms. The zero-order valence-corrected chi connectivity index (χ0v) is 13.5. The third kappa shape index (κ3) is 4.80. The number of carbonyl (C=O) groups excluding carboxylic acids is 1. The largest absolute Gasteiger partial charge is 0.465 e. The van der Waals surface area contributed by atoms with Gasteiger partial charge in [0.15, 0.2) is 5.11 Å². The maximum absolute atomic E-state index is 11.7. The summed E-state index contributed by atoms with van der Waals surface area (Å²) in [6, 6.07) is 7.56. The molecule has 0 atom stereocenters. The van der Waals surface area contributed by atoms with E-state index in [0.717, 1.165) is 12.8 Å². The van der Waals surface area contributed by atoms with Gasteiger partial charge in [0, 0.05) is 11.6 Å². The fourth-order valence-corrected chi connectivity index (χ4v) is 2.75. The van der Waals surface area contributed by atoms with Gasteiger partial charge in [-0.05, 0) is 31.1 Å². The van der Waals surface area contributed by atoms with Gasteiger partial charge < -0.3 is 10.1 Å². The van der Waals surface area contributed by atoms with Gasteiger partial charge in [-0.25, -0.2) is 4.79 Å². The van der Waals surface area contributed by atoms with E-state index in [4.69, 9.17) is 17.0 Å². The molecule has 0 aliphatic heterocycles. The molecule has 2 N–H and O–H groups in total. The number of hydrogen-bond donors (Lipinski definition) is 2. The molecule has 5 nitrogen and oxygen atoms in total. The first-order valence-electron chi connectivity index (χ1n) is 7.47. The summed E-state index contributed by atoms with van der Waals surface area (Å²) < 4.78 is 4.75. The van der Waals surface area contributed by atoms with E-state index in [1.165, 1.54) is 26.4 Å². The van der Waals surface area contributed by atoms with Crippen LogP contribution < -0.4 is 10.7 Å². The van der Waals surface area contributed by atoms with Crippen LogP contribution in [0, 0.1) is 0 Å². The van der Waals surface area contributed by atoms with Crippen molar-refractivity contribution in [2.24, 2.45) is 5.10 Å². The molecular weight excluding hydrogens is 298 g/mol. The van der Waals surface area contributed by atoms with Crippen LogP contribution in [0.3, 0.4) is 0 Å². The zero-order valence-electron chi connectivity index (χ0n) is 12.7. The lowest BCUT2D eigenvalue weighted by atomic mass is 9.96. The van der Waals surface area contributed by atoms with Gasteiger partial charge in [0.2, 0.25) is 0 Å². The van der Waals surface area contributed by atoms with E-state index in [-0.39, 0.29) is 5.97 Å². The molecule has 1 saturated carbocycles. The van der Waals surface area contributed by atoms with Crippen molar-refractivity contribution in [3.05, 3.63) is 35.4 Å². The van der Waals surface area contributed by atoms with Crippen LogP contribution in [0.1, 0.15) is 48.0 Å². The van der Waals surface area contributed by atoms with Gasteiger partial charge in [-0.1, -0.05) is 37.5 Å². The highest BCUT2D eigenvalue weighted by Crippen LogP contribution is 2.17. The molecule has 0 amide bonds. The average molecular weight is 319 g/mol. The summed E-state index contributed by atoms with van der Waals surface area (Å²) in [6.07, 6.45) is 7.67. The number of nitrogens with one attached hydrogen (secondary N) is 2. The second-order valence-corrected chi connectivity index (χ2v) is 5.67. The highest BCUT2D eigenvalue weighted by molar-refractivity contribution is 7.80. The molecule has 2 rings (SSSR count). The average Bonchev–Trinajstić information content (AvgIpc) is 2.55. The first-order chi connectivity index (χ1) is 10.7. The highest BCUT2D eigenvalue weighted by Gasteiger charge is 2.13. The first-order valence-corrected chi connectivity index (χ1v) is 7.88. The van der Waals surface area contributed by atoms with Crippen molar-refractivity contribution in [2.45, 2.75) is 38.1 Å². The number of hydrazone groups is 1. The minimum atomic E-state index is -0.384. The predicted molar refractivity (Wildman–Crippen MR) is 91.1 cm³/mol. The number of thiocarbonyl (C=S) groups is 1. The van der Waals surface area contributed by atoms with Crippen LogP contribution in [0.15, 0.2) is 29.4 Å². The summed E-state index contributed by atoms with van der Waals surface area (Å²) in [7, 11) is 1.36. The predicted octanol–water partition coefficient (Wildman–Crippen LogP) is 2.60. The zero-order chi connectivity index (χ0) is 15.8. The Hall–Kier alpha value is -1.95. The summed E-state index contributed by atoms with van der Waals surface area (Å²) >= 11 is 5.23. The van der Waals surface area contributed by atoms with Crippen LogP contribution in [0.2, 0.25) is 0 Å². The molecule has 1 aliphatic rings. The van der Waals surface area contributed by atoms with Gasteiger partial charge in [0.25, 0.3) is 0 Å². The molecule has 0 bridgehead atoms. The molecule has 22 heavy (non-hydrogen) atoms. The normalized spacial score (nSPS) is 15.5. The molecule has 1 aromatic carbocycles. The minimum absolute atomic E-state index is 0.384. The topological polar surface area (TPSA) is 62.7 Å².